The number of hydrogen-bond acceptors (Lipinski definition) is 5. The summed E-state index contributed by atoms with van der Waals surface area (Å²) < 4.78 is 4.93. The maximum Gasteiger partial charge on any atom is 0.340 e. The third-order valence-electron chi connectivity index (χ3n) is 2.68. The van der Waals surface area contributed by atoms with Crippen molar-refractivity contribution in [2.75, 3.05) is 18.2 Å². The Morgan fingerprint density at radius 3 is 2.73 bits per heavy atom. The molecule has 0 aliphatic rings. The van der Waals surface area contributed by atoms with Gasteiger partial charge in [0.05, 0.1) is 11.3 Å². The van der Waals surface area contributed by atoms with Gasteiger partial charge in [0.25, 0.3) is 5.91 Å². The van der Waals surface area contributed by atoms with Gasteiger partial charge in [-0.25, -0.2) is 9.78 Å². The lowest BCUT2D eigenvalue weighted by atomic mass is 10.3. The molecule has 1 aromatic heterocycles. The molecule has 0 unspecified atom stereocenters. The van der Waals surface area contributed by atoms with E-state index in [1.165, 1.54) is 30.1 Å². The standard InChI is InChI=1S/C15H13ClN2O3S/c1-22-12-5-3-2-4-11(12)18-14(19)9-21-15(20)10-6-7-13(16)17-8-10/h2-8H,9H2,1H3,(H,18,19). The summed E-state index contributed by atoms with van der Waals surface area (Å²) in [6, 6.07) is 10.3. The molecular formula is C15H13ClN2O3S. The predicted molar refractivity (Wildman–Crippen MR) is 86.4 cm³/mol. The summed E-state index contributed by atoms with van der Waals surface area (Å²) in [7, 11) is 0. The number of ether oxygens (including phenoxy) is 1. The third-order valence-corrected chi connectivity index (χ3v) is 3.70. The molecule has 1 amide bonds. The lowest BCUT2D eigenvalue weighted by Crippen LogP contribution is -2.21. The normalized spacial score (nSPS) is 10.1. The van der Waals surface area contributed by atoms with Gasteiger partial charge in [-0.15, -0.1) is 11.8 Å². The number of carbonyl (C=O) groups excluding carboxylic acids is 2. The molecule has 0 fully saturated rings. The molecule has 0 radical (unpaired) electrons. The third kappa shape index (κ3) is 4.47. The highest BCUT2D eigenvalue weighted by molar-refractivity contribution is 7.98. The lowest BCUT2D eigenvalue weighted by Gasteiger charge is -2.09. The summed E-state index contributed by atoms with van der Waals surface area (Å²) in [4.78, 5) is 28.3. The van der Waals surface area contributed by atoms with Crippen LogP contribution in [0.3, 0.4) is 0 Å². The van der Waals surface area contributed by atoms with Gasteiger partial charge in [-0.2, -0.15) is 0 Å². The zero-order valence-corrected chi connectivity index (χ0v) is 13.3. The molecule has 0 aliphatic heterocycles. The number of nitrogens with zero attached hydrogens (tertiary/aromatic N) is 1. The number of aromatic nitrogens is 1. The van der Waals surface area contributed by atoms with Crippen molar-refractivity contribution in [1.82, 2.24) is 4.98 Å². The van der Waals surface area contributed by atoms with E-state index in [1.807, 2.05) is 24.5 Å². The van der Waals surface area contributed by atoms with Crippen LogP contribution in [0.25, 0.3) is 0 Å². The number of anilines is 1. The molecule has 7 heteroatoms. The Hall–Kier alpha value is -2.05. The van der Waals surface area contributed by atoms with Gasteiger partial charge in [0.1, 0.15) is 5.15 Å². The van der Waals surface area contributed by atoms with Crippen LogP contribution in [0.15, 0.2) is 47.5 Å². The summed E-state index contributed by atoms with van der Waals surface area (Å²) in [5.74, 6) is -1.03. The van der Waals surface area contributed by atoms with Crippen LogP contribution in [-0.4, -0.2) is 29.7 Å². The molecule has 1 N–H and O–H groups in total. The summed E-state index contributed by atoms with van der Waals surface area (Å²) >= 11 is 7.15. The molecule has 0 aliphatic carbocycles. The number of para-hydroxylation sites is 1. The molecule has 22 heavy (non-hydrogen) atoms. The zero-order valence-electron chi connectivity index (χ0n) is 11.7. The molecule has 2 rings (SSSR count). The second-order valence-corrected chi connectivity index (χ2v) is 5.43. The monoisotopic (exact) mass is 336 g/mol. The number of halogens is 1. The van der Waals surface area contributed by atoms with Crippen molar-refractivity contribution in [1.29, 1.82) is 0 Å². The van der Waals surface area contributed by atoms with Crippen molar-refractivity contribution in [2.45, 2.75) is 4.90 Å². The number of carbonyl (C=O) groups is 2. The molecular weight excluding hydrogens is 324 g/mol. The van der Waals surface area contributed by atoms with E-state index in [0.717, 1.165) is 4.90 Å². The van der Waals surface area contributed by atoms with Gasteiger partial charge in [-0.1, -0.05) is 23.7 Å². The summed E-state index contributed by atoms with van der Waals surface area (Å²) in [6.45, 7) is -0.371. The van der Waals surface area contributed by atoms with Crippen molar-refractivity contribution in [2.24, 2.45) is 0 Å². The van der Waals surface area contributed by atoms with E-state index in [9.17, 15) is 9.59 Å². The molecule has 1 aromatic carbocycles. The van der Waals surface area contributed by atoms with E-state index in [-0.39, 0.29) is 17.3 Å². The van der Waals surface area contributed by atoms with Gasteiger partial charge < -0.3 is 10.1 Å². The van der Waals surface area contributed by atoms with Gasteiger partial charge in [-0.05, 0) is 30.5 Å². The second kappa shape index (κ2) is 7.82. The van der Waals surface area contributed by atoms with Gasteiger partial charge in [0.15, 0.2) is 6.61 Å². The van der Waals surface area contributed by atoms with E-state index in [4.69, 9.17) is 16.3 Å². The first-order valence-corrected chi connectivity index (χ1v) is 7.92. The predicted octanol–water partition coefficient (Wildman–Crippen LogP) is 3.25. The van der Waals surface area contributed by atoms with Gasteiger partial charge >= 0.3 is 5.97 Å². The maximum atomic E-state index is 11.8. The van der Waals surface area contributed by atoms with E-state index >= 15 is 0 Å². The van der Waals surface area contributed by atoms with Crippen molar-refractivity contribution in [3.05, 3.63) is 53.3 Å². The highest BCUT2D eigenvalue weighted by Gasteiger charge is 2.11. The minimum absolute atomic E-state index is 0.238. The molecule has 0 atom stereocenters. The molecule has 0 saturated heterocycles. The van der Waals surface area contributed by atoms with Crippen molar-refractivity contribution in [3.8, 4) is 0 Å². The average Bonchev–Trinajstić information content (AvgIpc) is 2.54. The average molecular weight is 337 g/mol. The maximum absolute atomic E-state index is 11.8. The number of nitrogens with one attached hydrogen (secondary N) is 1. The molecule has 0 spiro atoms. The number of esters is 1. The number of amides is 1. The van der Waals surface area contributed by atoms with E-state index in [1.54, 1.807) is 6.07 Å². The Labute approximate surface area is 137 Å². The molecule has 0 bridgehead atoms. The fourth-order valence-electron chi connectivity index (χ4n) is 1.65. The Morgan fingerprint density at radius 1 is 1.27 bits per heavy atom. The smallest absolute Gasteiger partial charge is 0.340 e. The first-order chi connectivity index (χ1) is 10.6. The fraction of sp³-hybridized carbons (Fsp3) is 0.133. The number of rotatable bonds is 5. The molecule has 1 heterocycles. The molecule has 5 nitrogen and oxygen atoms in total. The van der Waals surface area contributed by atoms with Crippen LogP contribution in [0.2, 0.25) is 5.15 Å². The highest BCUT2D eigenvalue weighted by Crippen LogP contribution is 2.24. The SMILES string of the molecule is CSc1ccccc1NC(=O)COC(=O)c1ccc(Cl)nc1. The fourth-order valence-corrected chi connectivity index (χ4v) is 2.31. The first kappa shape index (κ1) is 16.3. The summed E-state index contributed by atoms with van der Waals surface area (Å²) in [5.41, 5.74) is 0.922. The molecule has 0 saturated carbocycles. The van der Waals surface area contributed by atoms with Crippen molar-refractivity contribution < 1.29 is 14.3 Å². The van der Waals surface area contributed by atoms with Gasteiger partial charge in [0.2, 0.25) is 0 Å². The van der Waals surface area contributed by atoms with Gasteiger partial charge in [0, 0.05) is 11.1 Å². The minimum Gasteiger partial charge on any atom is -0.452 e. The Bertz CT molecular complexity index is 677. The summed E-state index contributed by atoms with van der Waals surface area (Å²) in [5, 5.41) is 2.98. The van der Waals surface area contributed by atoms with E-state index < -0.39 is 11.9 Å². The van der Waals surface area contributed by atoms with Gasteiger partial charge in [-0.3, -0.25) is 4.79 Å². The topological polar surface area (TPSA) is 68.3 Å². The van der Waals surface area contributed by atoms with Crippen LogP contribution in [-0.2, 0) is 9.53 Å². The lowest BCUT2D eigenvalue weighted by molar-refractivity contribution is -0.119. The van der Waals surface area contributed by atoms with E-state index in [0.29, 0.717) is 5.69 Å². The minimum atomic E-state index is -0.627. The first-order valence-electron chi connectivity index (χ1n) is 6.31. The van der Waals surface area contributed by atoms with Crippen LogP contribution < -0.4 is 5.32 Å². The summed E-state index contributed by atoms with van der Waals surface area (Å²) in [6.07, 6.45) is 3.21. The van der Waals surface area contributed by atoms with Crippen LogP contribution in [0, 0.1) is 0 Å². The highest BCUT2D eigenvalue weighted by atomic mass is 35.5. The Morgan fingerprint density at radius 2 is 2.05 bits per heavy atom. The van der Waals surface area contributed by atoms with Crippen LogP contribution in [0.5, 0.6) is 0 Å². The van der Waals surface area contributed by atoms with Crippen molar-refractivity contribution in [3.63, 3.8) is 0 Å². The van der Waals surface area contributed by atoms with Crippen molar-refractivity contribution >= 4 is 40.9 Å². The van der Waals surface area contributed by atoms with Crippen LogP contribution in [0.1, 0.15) is 10.4 Å². The van der Waals surface area contributed by atoms with E-state index in [2.05, 4.69) is 10.3 Å². The number of pyridine rings is 1. The number of hydrogen-bond donors (Lipinski definition) is 1. The van der Waals surface area contributed by atoms with Crippen LogP contribution >= 0.6 is 23.4 Å². The Balaban J connectivity index is 1.90. The zero-order chi connectivity index (χ0) is 15.9. The molecule has 2 aromatic rings. The number of thioether (sulfide) groups is 1. The largest absolute Gasteiger partial charge is 0.452 e. The quantitative estimate of drug-likeness (QED) is 0.515. The number of benzene rings is 1. The van der Waals surface area contributed by atoms with Crippen LogP contribution in [0.4, 0.5) is 5.69 Å². The molecule has 114 valence electrons. The Kier molecular flexibility index (Phi) is 5.80. The second-order valence-electron chi connectivity index (χ2n) is 4.19.